The van der Waals surface area contributed by atoms with Gasteiger partial charge in [-0.25, -0.2) is 0 Å². The first kappa shape index (κ1) is 12.6. The Balaban J connectivity index is 2.84. The number of aryl methyl sites for hydroxylation is 1. The molecule has 92 valence electrons. The predicted molar refractivity (Wildman–Crippen MR) is 76.6 cm³/mol. The molecule has 3 heteroatoms. The van der Waals surface area contributed by atoms with Crippen LogP contribution in [0.4, 0.5) is 0 Å². The summed E-state index contributed by atoms with van der Waals surface area (Å²) >= 11 is 3.78. The first-order chi connectivity index (χ1) is 7.91. The van der Waals surface area contributed by atoms with E-state index in [9.17, 15) is 0 Å². The summed E-state index contributed by atoms with van der Waals surface area (Å²) in [5.74, 6) is 1.00. The van der Waals surface area contributed by atoms with Crippen molar-refractivity contribution < 1.29 is 0 Å². The Hall–Kier alpha value is -0.830. The smallest absolute Gasteiger partial charge is 0.0929 e. The number of hydrogen-bond donors (Lipinski definition) is 0. The van der Waals surface area contributed by atoms with Crippen LogP contribution in [0.25, 0.3) is 10.9 Å². The molecule has 1 aromatic carbocycles. The van der Waals surface area contributed by atoms with Gasteiger partial charge in [0.05, 0.1) is 5.52 Å². The van der Waals surface area contributed by atoms with Crippen molar-refractivity contribution in [2.45, 2.75) is 39.5 Å². The van der Waals surface area contributed by atoms with Crippen LogP contribution in [0, 0.1) is 0 Å². The summed E-state index contributed by atoms with van der Waals surface area (Å²) in [7, 11) is 1.98. The number of rotatable bonds is 2. The zero-order chi connectivity index (χ0) is 12.7. The van der Waals surface area contributed by atoms with Crippen molar-refractivity contribution in [3.05, 3.63) is 27.9 Å². The lowest BCUT2D eigenvalue weighted by atomic mass is 9.93. The van der Waals surface area contributed by atoms with Crippen molar-refractivity contribution in [1.29, 1.82) is 0 Å². The van der Waals surface area contributed by atoms with E-state index in [-0.39, 0.29) is 0 Å². The van der Waals surface area contributed by atoms with E-state index in [4.69, 9.17) is 0 Å². The average molecular weight is 295 g/mol. The van der Waals surface area contributed by atoms with E-state index in [2.05, 4.69) is 61.0 Å². The normalized spacial score (nSPS) is 12.0. The molecule has 0 atom stereocenters. The molecule has 0 saturated carbocycles. The minimum atomic E-state index is 0.495. The van der Waals surface area contributed by atoms with Crippen LogP contribution in [0.15, 0.2) is 16.7 Å². The molecule has 0 bridgehead atoms. The number of nitrogens with zero attached hydrogens (tertiary/aromatic N) is 2. The Labute approximate surface area is 111 Å². The molecule has 2 rings (SSSR count). The summed E-state index contributed by atoms with van der Waals surface area (Å²) in [6.07, 6.45) is 2.11. The molecule has 1 heterocycles. The van der Waals surface area contributed by atoms with Crippen molar-refractivity contribution in [3.8, 4) is 0 Å². The van der Waals surface area contributed by atoms with Gasteiger partial charge in [-0.3, -0.25) is 4.68 Å². The standard InChI is InChI=1S/C14H19BrN2/c1-8(2)10-6-12-11(7-17(5)16-12)13(9(3)4)14(10)15/h6-9H,1-5H3. The highest BCUT2D eigenvalue weighted by Gasteiger charge is 2.17. The molecule has 1 aromatic heterocycles. The van der Waals surface area contributed by atoms with Gasteiger partial charge in [0.1, 0.15) is 0 Å². The highest BCUT2D eigenvalue weighted by molar-refractivity contribution is 9.10. The number of hydrogen-bond acceptors (Lipinski definition) is 1. The van der Waals surface area contributed by atoms with Crippen LogP contribution < -0.4 is 0 Å². The van der Waals surface area contributed by atoms with Crippen molar-refractivity contribution in [2.24, 2.45) is 7.05 Å². The van der Waals surface area contributed by atoms with Gasteiger partial charge >= 0.3 is 0 Å². The number of benzene rings is 1. The fourth-order valence-electron chi connectivity index (χ4n) is 2.29. The summed E-state index contributed by atoms with van der Waals surface area (Å²) < 4.78 is 3.15. The highest BCUT2D eigenvalue weighted by Crippen LogP contribution is 2.37. The molecule has 0 saturated heterocycles. The van der Waals surface area contributed by atoms with E-state index in [0.717, 1.165) is 5.52 Å². The van der Waals surface area contributed by atoms with Crippen LogP contribution in [-0.4, -0.2) is 9.78 Å². The van der Waals surface area contributed by atoms with Gasteiger partial charge in [-0.05, 0) is 29.0 Å². The number of halogens is 1. The van der Waals surface area contributed by atoms with E-state index in [0.29, 0.717) is 11.8 Å². The maximum atomic E-state index is 4.54. The summed E-state index contributed by atoms with van der Waals surface area (Å²) in [6.45, 7) is 8.91. The highest BCUT2D eigenvalue weighted by atomic mass is 79.9. The molecule has 2 aromatic rings. The van der Waals surface area contributed by atoms with Gasteiger partial charge in [0.15, 0.2) is 0 Å². The Kier molecular flexibility index (Phi) is 3.30. The number of aromatic nitrogens is 2. The Bertz CT molecular complexity index is 553. The second-order valence-electron chi connectivity index (χ2n) is 5.24. The van der Waals surface area contributed by atoms with Gasteiger partial charge in [-0.15, -0.1) is 0 Å². The van der Waals surface area contributed by atoms with E-state index >= 15 is 0 Å². The molecular weight excluding hydrogens is 276 g/mol. The van der Waals surface area contributed by atoms with Gasteiger partial charge < -0.3 is 0 Å². The van der Waals surface area contributed by atoms with Gasteiger partial charge in [-0.1, -0.05) is 43.6 Å². The SMILES string of the molecule is CC(C)c1cc2nn(C)cc2c(C(C)C)c1Br. The van der Waals surface area contributed by atoms with Crippen LogP contribution in [0.3, 0.4) is 0 Å². The zero-order valence-corrected chi connectivity index (χ0v) is 12.7. The van der Waals surface area contributed by atoms with Crippen LogP contribution >= 0.6 is 15.9 Å². The van der Waals surface area contributed by atoms with E-state index < -0.39 is 0 Å². The van der Waals surface area contributed by atoms with Gasteiger partial charge in [-0.2, -0.15) is 5.10 Å². The largest absolute Gasteiger partial charge is 0.275 e. The van der Waals surface area contributed by atoms with E-state index in [1.54, 1.807) is 0 Å². The molecule has 17 heavy (non-hydrogen) atoms. The number of fused-ring (bicyclic) bond motifs is 1. The fourth-order valence-corrected chi connectivity index (χ4v) is 3.53. The molecule has 0 fully saturated rings. The third-order valence-corrected chi connectivity index (χ3v) is 4.01. The van der Waals surface area contributed by atoms with Crippen LogP contribution in [0.2, 0.25) is 0 Å². The molecule has 0 spiro atoms. The van der Waals surface area contributed by atoms with E-state index in [1.165, 1.54) is 21.0 Å². The zero-order valence-electron chi connectivity index (χ0n) is 11.1. The molecule has 0 aliphatic heterocycles. The lowest BCUT2D eigenvalue weighted by molar-refractivity contribution is 0.779. The second-order valence-corrected chi connectivity index (χ2v) is 6.03. The molecule has 0 aliphatic carbocycles. The van der Waals surface area contributed by atoms with Crippen molar-refractivity contribution in [2.75, 3.05) is 0 Å². The summed E-state index contributed by atoms with van der Waals surface area (Å²) in [5, 5.41) is 5.80. The average Bonchev–Trinajstić information content (AvgIpc) is 2.55. The molecule has 0 amide bonds. The van der Waals surface area contributed by atoms with E-state index in [1.807, 2.05) is 11.7 Å². The monoisotopic (exact) mass is 294 g/mol. The molecule has 2 nitrogen and oxygen atoms in total. The van der Waals surface area contributed by atoms with Crippen molar-refractivity contribution in [1.82, 2.24) is 9.78 Å². The summed E-state index contributed by atoms with van der Waals surface area (Å²) in [6, 6.07) is 2.20. The second kappa shape index (κ2) is 4.45. The predicted octanol–water partition coefficient (Wildman–Crippen LogP) is 4.58. The molecule has 0 unspecified atom stereocenters. The minimum absolute atomic E-state index is 0.495. The Morgan fingerprint density at radius 2 is 1.82 bits per heavy atom. The topological polar surface area (TPSA) is 17.8 Å². The van der Waals surface area contributed by atoms with Crippen molar-refractivity contribution >= 4 is 26.8 Å². The Morgan fingerprint density at radius 1 is 1.18 bits per heavy atom. The molecule has 0 radical (unpaired) electrons. The third kappa shape index (κ3) is 2.13. The maximum Gasteiger partial charge on any atom is 0.0929 e. The van der Waals surface area contributed by atoms with Gasteiger partial charge in [0, 0.05) is 23.1 Å². The summed E-state index contributed by atoms with van der Waals surface area (Å²) in [4.78, 5) is 0. The minimum Gasteiger partial charge on any atom is -0.275 e. The first-order valence-electron chi connectivity index (χ1n) is 6.07. The third-order valence-electron chi connectivity index (χ3n) is 3.13. The summed E-state index contributed by atoms with van der Waals surface area (Å²) in [5.41, 5.74) is 3.82. The van der Waals surface area contributed by atoms with Crippen LogP contribution in [-0.2, 0) is 7.05 Å². The maximum absolute atomic E-state index is 4.54. The fraction of sp³-hybridized carbons (Fsp3) is 0.500. The molecule has 0 aliphatic rings. The van der Waals surface area contributed by atoms with Crippen LogP contribution in [0.5, 0.6) is 0 Å². The van der Waals surface area contributed by atoms with Crippen molar-refractivity contribution in [3.63, 3.8) is 0 Å². The Morgan fingerprint density at radius 3 is 2.35 bits per heavy atom. The first-order valence-corrected chi connectivity index (χ1v) is 6.86. The van der Waals surface area contributed by atoms with Crippen LogP contribution in [0.1, 0.15) is 50.7 Å². The molecular formula is C14H19BrN2. The van der Waals surface area contributed by atoms with Gasteiger partial charge in [0.2, 0.25) is 0 Å². The quantitative estimate of drug-likeness (QED) is 0.792. The lowest BCUT2D eigenvalue weighted by Crippen LogP contribution is -1.97. The molecule has 0 N–H and O–H groups in total. The van der Waals surface area contributed by atoms with Gasteiger partial charge in [0.25, 0.3) is 0 Å². The lowest BCUT2D eigenvalue weighted by Gasteiger charge is -2.16.